The summed E-state index contributed by atoms with van der Waals surface area (Å²) in [6.07, 6.45) is -7.81. The van der Waals surface area contributed by atoms with Crippen LogP contribution in [-0.2, 0) is 58.7 Å². The number of aryl methyl sites for hydroxylation is 1. The molecule has 81 heavy (non-hydrogen) atoms. The molecule has 2 aromatic rings. The Morgan fingerprint density at radius 1 is 0.951 bits per heavy atom. The molecule has 24 nitrogen and oxygen atoms in total. The van der Waals surface area contributed by atoms with Crippen molar-refractivity contribution in [1.29, 1.82) is 0 Å². The summed E-state index contributed by atoms with van der Waals surface area (Å²) in [5, 5.41) is 68.1. The minimum atomic E-state index is -2.01. The fourth-order valence-corrected chi connectivity index (χ4v) is 12.3. The first-order valence-corrected chi connectivity index (χ1v) is 28.2. The maximum absolute atomic E-state index is 14.7. The highest BCUT2D eigenvalue weighted by Gasteiger charge is 2.54. The van der Waals surface area contributed by atoms with E-state index < -0.39 is 119 Å². The zero-order valence-electron chi connectivity index (χ0n) is 49.9. The first kappa shape index (κ1) is 65.6. The van der Waals surface area contributed by atoms with Crippen LogP contribution in [0.4, 0.5) is 0 Å². The van der Waals surface area contributed by atoms with Gasteiger partial charge < -0.3 is 83.2 Å². The summed E-state index contributed by atoms with van der Waals surface area (Å²) in [6, 6.07) is 3.17. The number of carboxylic acid groups (broad SMARTS) is 1. The molecule has 3 fully saturated rings. The number of carboxylic acids is 1. The number of cyclic esters (lactones) is 1. The fourth-order valence-electron chi connectivity index (χ4n) is 12.3. The van der Waals surface area contributed by atoms with Gasteiger partial charge in [-0.15, -0.1) is 0 Å². The zero-order valence-corrected chi connectivity index (χ0v) is 49.9. The average molecular weight is 1150 g/mol. The van der Waals surface area contributed by atoms with Gasteiger partial charge in [-0.25, -0.2) is 4.79 Å². The summed E-state index contributed by atoms with van der Waals surface area (Å²) in [5.74, 6) is -5.76. The van der Waals surface area contributed by atoms with Crippen molar-refractivity contribution in [2.75, 3.05) is 67.0 Å². The average Bonchev–Trinajstić information content (AvgIpc) is 3.57. The predicted octanol–water partition coefficient (Wildman–Crippen LogP) is 3.29. The van der Waals surface area contributed by atoms with Crippen LogP contribution in [0.1, 0.15) is 124 Å². The number of hydrogen-bond acceptors (Lipinski definition) is 22. The molecule has 24 heteroatoms. The Kier molecular flexibility index (Phi) is 22.2. The van der Waals surface area contributed by atoms with E-state index in [1.165, 1.54) is 27.3 Å². The molecule has 0 aliphatic carbocycles. The molecule has 458 valence electrons. The third kappa shape index (κ3) is 14.9. The molecule has 1 aromatic heterocycles. The lowest BCUT2D eigenvalue weighted by Gasteiger charge is -2.49. The second-order valence-electron chi connectivity index (χ2n) is 23.6. The van der Waals surface area contributed by atoms with Crippen molar-refractivity contribution >= 4 is 34.5 Å². The van der Waals surface area contributed by atoms with Crippen molar-refractivity contribution in [1.82, 2.24) is 14.9 Å². The van der Waals surface area contributed by atoms with Crippen molar-refractivity contribution in [2.24, 2.45) is 28.8 Å². The normalized spacial score (nSPS) is 36.7. The lowest BCUT2D eigenvalue weighted by molar-refractivity contribution is -0.318. The van der Waals surface area contributed by atoms with E-state index in [1.54, 1.807) is 78.2 Å². The molecule has 4 aliphatic rings. The van der Waals surface area contributed by atoms with Crippen LogP contribution >= 0.6 is 0 Å². The Hall–Kier alpha value is -4.57. The third-order valence-electron chi connectivity index (χ3n) is 16.8. The van der Waals surface area contributed by atoms with Gasteiger partial charge in [-0.2, -0.15) is 0 Å². The van der Waals surface area contributed by atoms with E-state index in [-0.39, 0.29) is 74.6 Å². The molecule has 1 aromatic carbocycles. The molecular weight excluding hydrogens is 1060 g/mol. The van der Waals surface area contributed by atoms with Crippen molar-refractivity contribution in [3.05, 3.63) is 39.7 Å². The Labute approximate surface area is 475 Å². The highest BCUT2D eigenvalue weighted by atomic mass is 16.7. The summed E-state index contributed by atoms with van der Waals surface area (Å²) >= 11 is 0. The molecule has 1 unspecified atom stereocenters. The second kappa shape index (κ2) is 27.4. The standard InChI is InChI=1S/C57H91N5O19/c1-16-41-57(10,71)49(66)32(4)44(59-75-29-72-14)30(2)25-55(8,70)50(81-54-47(65)39(60(11)12)22-31(3)76-54)33(5)48(34(6)53(69)78-41)80-43-26-56(9,73-15)51(35(7)77-43)79-42(63)19-21-58-20-17-18-36-23-37-45-40(24-36)74-28-61(13)62(45)27-38(46(37)64)52(67)68/h23-24,27,30-35,39,41,43,47-51,54,58,65-66,70-71H,16-22,25-26,28-29H2,1-15H3,(H,67,68)/b59-44+/t30-,31-,32?,33+,34-,35+,39+,41-,43+,47-,48+,49-,50-,51+,54+,55-,56-,57-/m1/s1. The van der Waals surface area contributed by atoms with Crippen LogP contribution < -0.4 is 20.5 Å². The number of aromatic nitrogens is 1. The minimum absolute atomic E-state index is 0.00180. The van der Waals surface area contributed by atoms with Crippen LogP contribution in [0, 0.1) is 23.7 Å². The number of carbonyl (C=O) groups is 3. The summed E-state index contributed by atoms with van der Waals surface area (Å²) in [7, 11) is 8.34. The summed E-state index contributed by atoms with van der Waals surface area (Å²) in [4.78, 5) is 60.7. The molecule has 6 N–H and O–H groups in total. The van der Waals surface area contributed by atoms with Crippen molar-refractivity contribution in [2.45, 2.75) is 198 Å². The van der Waals surface area contributed by atoms with Gasteiger partial charge in [-0.1, -0.05) is 32.9 Å². The largest absolute Gasteiger partial charge is 0.477 e. The van der Waals surface area contributed by atoms with Gasteiger partial charge in [-0.3, -0.25) is 24.1 Å². The number of aliphatic hydroxyl groups excluding tert-OH is 2. The number of aromatic carboxylic acids is 1. The number of hydrogen-bond donors (Lipinski definition) is 6. The number of pyridine rings is 1. The monoisotopic (exact) mass is 1150 g/mol. The first-order chi connectivity index (χ1) is 38.0. The van der Waals surface area contributed by atoms with E-state index in [0.717, 1.165) is 5.56 Å². The van der Waals surface area contributed by atoms with Crippen molar-refractivity contribution < 1.29 is 87.4 Å². The molecule has 0 bridgehead atoms. The van der Waals surface area contributed by atoms with Crippen LogP contribution in [0.15, 0.2) is 28.3 Å². The number of nitrogens with one attached hydrogen (secondary N) is 1. The molecule has 18 atom stereocenters. The zero-order chi connectivity index (χ0) is 60.1. The maximum atomic E-state index is 14.7. The van der Waals surface area contributed by atoms with Gasteiger partial charge in [0.2, 0.25) is 12.2 Å². The molecule has 0 saturated carbocycles. The summed E-state index contributed by atoms with van der Waals surface area (Å²) in [6.45, 7) is 17.6. The van der Waals surface area contributed by atoms with Gasteiger partial charge in [-0.05, 0) is 112 Å². The van der Waals surface area contributed by atoms with E-state index >= 15 is 0 Å². The SMILES string of the molecule is CC[C@H]1OC(=O)[C@H](C)[C@@H](O[C@H]2C[C@@](C)(OC)[C@@H](OC(=O)CCNCCCc3cc4c5c(c3)c(=O)c(C(=O)O)cn5N(C)CO4)[C@H](C)O2)[C@H](C)[C@@H](O[C@@H]2O[C@H](C)C[C@H](N(C)C)[C@H]2O)[C@](C)(O)C[C@@H](C)/C(=N\OCOC)C(C)[C@@H](O)[C@]1(C)O. The van der Waals surface area contributed by atoms with E-state index in [2.05, 4.69) is 10.5 Å². The smallest absolute Gasteiger partial charge is 0.341 e. The highest BCUT2D eigenvalue weighted by molar-refractivity contribution is 5.95. The number of esters is 2. The van der Waals surface area contributed by atoms with Crippen LogP contribution in [0.25, 0.3) is 10.9 Å². The van der Waals surface area contributed by atoms with Crippen LogP contribution in [0.3, 0.4) is 0 Å². The molecule has 4 aliphatic heterocycles. The fraction of sp³-hybridized carbons (Fsp3) is 0.772. The number of likely N-dealkylation sites (N-methyl/N-ethyl adjacent to an activating group) is 1. The van der Waals surface area contributed by atoms with Crippen molar-refractivity contribution in [3.63, 3.8) is 0 Å². The molecule has 3 saturated heterocycles. The van der Waals surface area contributed by atoms with E-state index in [0.29, 0.717) is 37.1 Å². The number of methoxy groups -OCH3 is 2. The molecule has 5 heterocycles. The number of carbonyl (C=O) groups excluding carboxylic acids is 2. The lowest BCUT2D eigenvalue weighted by Crippen LogP contribution is -2.61. The number of nitrogens with zero attached hydrogens (tertiary/aromatic N) is 4. The number of aliphatic hydroxyl groups is 4. The predicted molar refractivity (Wildman–Crippen MR) is 296 cm³/mol. The molecule has 0 spiro atoms. The molecular formula is C57H91N5O19. The van der Waals surface area contributed by atoms with Crippen LogP contribution in [0.2, 0.25) is 0 Å². The minimum Gasteiger partial charge on any atom is -0.477 e. The Morgan fingerprint density at radius 2 is 1.65 bits per heavy atom. The van der Waals surface area contributed by atoms with Gasteiger partial charge in [0.05, 0.1) is 59.6 Å². The van der Waals surface area contributed by atoms with E-state index in [1.807, 2.05) is 32.0 Å². The van der Waals surface area contributed by atoms with Gasteiger partial charge in [0.15, 0.2) is 25.4 Å². The Balaban J connectivity index is 1.20. The first-order valence-electron chi connectivity index (χ1n) is 28.2. The lowest BCUT2D eigenvalue weighted by atomic mass is 9.73. The van der Waals surface area contributed by atoms with E-state index in [4.69, 9.17) is 47.5 Å². The van der Waals surface area contributed by atoms with Gasteiger partial charge in [0.25, 0.3) is 0 Å². The quantitative estimate of drug-likeness (QED) is 0.0509. The number of oxime groups is 1. The Morgan fingerprint density at radius 3 is 2.30 bits per heavy atom. The highest BCUT2D eigenvalue weighted by Crippen LogP contribution is 2.42. The van der Waals surface area contributed by atoms with E-state index in [9.17, 15) is 44.7 Å². The van der Waals surface area contributed by atoms with Crippen LogP contribution in [-0.4, -0.2) is 205 Å². The van der Waals surface area contributed by atoms with Gasteiger partial charge >= 0.3 is 17.9 Å². The molecule has 6 rings (SSSR count). The van der Waals surface area contributed by atoms with Gasteiger partial charge in [0, 0.05) is 64.2 Å². The second-order valence-corrected chi connectivity index (χ2v) is 23.6. The van der Waals surface area contributed by atoms with Crippen molar-refractivity contribution in [3.8, 4) is 5.75 Å². The maximum Gasteiger partial charge on any atom is 0.341 e. The Bertz CT molecular complexity index is 2560. The van der Waals surface area contributed by atoms with Crippen LogP contribution in [0.5, 0.6) is 5.75 Å². The summed E-state index contributed by atoms with van der Waals surface area (Å²) < 4.78 is 57.5. The molecule has 0 amide bonds. The number of benzene rings is 1. The summed E-state index contributed by atoms with van der Waals surface area (Å²) in [5.41, 5.74) is -4.40. The number of rotatable bonds is 19. The van der Waals surface area contributed by atoms with Gasteiger partial charge in [0.1, 0.15) is 40.2 Å². The molecule has 0 radical (unpaired) electrons. The third-order valence-corrected chi connectivity index (χ3v) is 16.8. The number of ether oxygens (including phenoxy) is 9. The topological polar surface area (TPSA) is 298 Å².